The molecule has 8 heteroatoms. The average molecular weight is 378 g/mol. The van der Waals surface area contributed by atoms with Gasteiger partial charge in [0.2, 0.25) is 0 Å². The molecule has 0 bridgehead atoms. The molecule has 2 N–H and O–H groups in total. The van der Waals surface area contributed by atoms with E-state index in [0.717, 1.165) is 37.9 Å². The van der Waals surface area contributed by atoms with Gasteiger partial charge < -0.3 is 15.2 Å². The van der Waals surface area contributed by atoms with Crippen LogP contribution in [0, 0.1) is 11.7 Å². The summed E-state index contributed by atoms with van der Waals surface area (Å²) in [5.41, 5.74) is 6.24. The first kappa shape index (κ1) is 18.6. The number of hydrogen-bond donors (Lipinski definition) is 1. The van der Waals surface area contributed by atoms with Gasteiger partial charge in [-0.25, -0.2) is 19.2 Å². The van der Waals surface area contributed by atoms with E-state index in [2.05, 4.69) is 9.97 Å². The van der Waals surface area contributed by atoms with Gasteiger partial charge in [0.05, 0.1) is 38.3 Å². The first-order chi connectivity index (χ1) is 12.9. The Balaban J connectivity index is 1.34. The lowest BCUT2D eigenvalue weighted by molar-refractivity contribution is -0.00958. The molecule has 27 heavy (non-hydrogen) atoms. The van der Waals surface area contributed by atoms with Gasteiger partial charge in [0.1, 0.15) is 5.82 Å². The number of likely N-dealkylation sites (tertiary alicyclic amines) is 1. The fourth-order valence-corrected chi connectivity index (χ4v) is 5.01. The van der Waals surface area contributed by atoms with Crippen LogP contribution in [0.25, 0.3) is 0 Å². The maximum absolute atomic E-state index is 13.1. The number of methoxy groups -OCH3 is 1. The van der Waals surface area contributed by atoms with Crippen molar-refractivity contribution in [2.24, 2.45) is 11.7 Å². The maximum atomic E-state index is 13.1. The van der Waals surface area contributed by atoms with Crippen LogP contribution < -0.4 is 5.73 Å². The number of amides is 1. The molecule has 7 nitrogen and oxygen atoms in total. The van der Waals surface area contributed by atoms with E-state index >= 15 is 0 Å². The highest BCUT2D eigenvalue weighted by Crippen LogP contribution is 2.61. The third-order valence-electron chi connectivity index (χ3n) is 6.59. The number of carbonyl (C=O) groups is 1. The minimum atomic E-state index is -0.401. The standard InChI is InChI=1S/C19H27FN4O3/c1-11-5-15(21)16(24(11)18(25)26-2)10-27-14-3-4-19(7-12(19)6-14)17-22-8-13(20)9-23-17/h8-9,11-12,14-16H,3-7,10,21H2,1-2H3/t11-,12-,14+,15+,16+,19-/m1/s1. The maximum Gasteiger partial charge on any atom is 0.410 e. The van der Waals surface area contributed by atoms with Crippen molar-refractivity contribution in [3.63, 3.8) is 0 Å². The van der Waals surface area contributed by atoms with Crippen LogP contribution in [0.15, 0.2) is 12.4 Å². The van der Waals surface area contributed by atoms with Crippen molar-refractivity contribution < 1.29 is 18.7 Å². The Morgan fingerprint density at radius 1 is 1.41 bits per heavy atom. The predicted octanol–water partition coefficient (Wildman–Crippen LogP) is 2.00. The van der Waals surface area contributed by atoms with E-state index in [1.165, 1.54) is 19.5 Å². The topological polar surface area (TPSA) is 90.6 Å². The van der Waals surface area contributed by atoms with E-state index < -0.39 is 5.82 Å². The van der Waals surface area contributed by atoms with Crippen LogP contribution in [-0.4, -0.2) is 58.9 Å². The normalized spacial score (nSPS) is 37.8. The fraction of sp³-hybridized carbons (Fsp3) is 0.737. The van der Waals surface area contributed by atoms with Gasteiger partial charge in [-0.2, -0.15) is 0 Å². The largest absolute Gasteiger partial charge is 0.453 e. The van der Waals surface area contributed by atoms with E-state index in [0.29, 0.717) is 12.5 Å². The van der Waals surface area contributed by atoms with Crippen molar-refractivity contribution in [3.8, 4) is 0 Å². The molecule has 2 heterocycles. The summed E-state index contributed by atoms with van der Waals surface area (Å²) in [7, 11) is 1.39. The number of nitrogens with zero attached hydrogens (tertiary/aromatic N) is 3. The molecule has 3 aliphatic rings. The Labute approximate surface area is 158 Å². The Kier molecular flexibility index (Phi) is 4.80. The summed E-state index contributed by atoms with van der Waals surface area (Å²) >= 11 is 0. The number of hydrogen-bond acceptors (Lipinski definition) is 6. The quantitative estimate of drug-likeness (QED) is 0.862. The number of nitrogens with two attached hydrogens (primary N) is 1. The van der Waals surface area contributed by atoms with Gasteiger partial charge in [-0.3, -0.25) is 4.90 Å². The Bertz CT molecular complexity index is 703. The lowest BCUT2D eigenvalue weighted by Gasteiger charge is -2.32. The van der Waals surface area contributed by atoms with Gasteiger partial charge in [0.15, 0.2) is 5.82 Å². The van der Waals surface area contributed by atoms with Gasteiger partial charge in [-0.05, 0) is 44.9 Å². The van der Waals surface area contributed by atoms with Crippen LogP contribution in [0.4, 0.5) is 9.18 Å². The van der Waals surface area contributed by atoms with Crippen LogP contribution in [0.5, 0.6) is 0 Å². The van der Waals surface area contributed by atoms with Gasteiger partial charge in [-0.1, -0.05) is 0 Å². The molecule has 1 amide bonds. The molecule has 148 valence electrons. The van der Waals surface area contributed by atoms with Crippen molar-refractivity contribution in [2.45, 2.75) is 68.7 Å². The third-order valence-corrected chi connectivity index (χ3v) is 6.59. The zero-order valence-electron chi connectivity index (χ0n) is 15.8. The summed E-state index contributed by atoms with van der Waals surface area (Å²) in [5, 5.41) is 0. The average Bonchev–Trinajstić information content (AvgIpc) is 3.32. The second kappa shape index (κ2) is 6.98. The highest BCUT2D eigenvalue weighted by Gasteiger charge is 2.60. The van der Waals surface area contributed by atoms with Crippen molar-refractivity contribution in [1.82, 2.24) is 14.9 Å². The molecule has 2 aliphatic carbocycles. The van der Waals surface area contributed by atoms with Crippen molar-refractivity contribution in [1.29, 1.82) is 0 Å². The first-order valence-electron chi connectivity index (χ1n) is 9.66. The van der Waals surface area contributed by atoms with E-state index in [-0.39, 0.29) is 35.7 Å². The molecule has 1 aromatic rings. The summed E-state index contributed by atoms with van der Waals surface area (Å²) in [6.07, 6.45) is 6.88. The zero-order valence-corrected chi connectivity index (χ0v) is 15.8. The fourth-order valence-electron chi connectivity index (χ4n) is 5.01. The van der Waals surface area contributed by atoms with Crippen LogP contribution in [0.2, 0.25) is 0 Å². The molecule has 0 aromatic carbocycles. The molecule has 1 aromatic heterocycles. The summed E-state index contributed by atoms with van der Waals surface area (Å²) in [6.45, 7) is 2.41. The lowest BCUT2D eigenvalue weighted by atomic mass is 9.86. The Morgan fingerprint density at radius 3 is 2.81 bits per heavy atom. The minimum absolute atomic E-state index is 0.00386. The number of fused-ring (bicyclic) bond motifs is 1. The van der Waals surface area contributed by atoms with Crippen LogP contribution in [-0.2, 0) is 14.9 Å². The first-order valence-corrected chi connectivity index (χ1v) is 9.66. The number of halogens is 1. The van der Waals surface area contributed by atoms with E-state index in [1.54, 1.807) is 4.90 Å². The van der Waals surface area contributed by atoms with Gasteiger partial charge in [0.25, 0.3) is 0 Å². The summed E-state index contributed by atoms with van der Waals surface area (Å²) in [5.74, 6) is 0.840. The molecule has 6 atom stereocenters. The molecular formula is C19H27FN4O3. The molecule has 3 fully saturated rings. The van der Waals surface area contributed by atoms with Gasteiger partial charge >= 0.3 is 6.09 Å². The van der Waals surface area contributed by atoms with Crippen LogP contribution in [0.3, 0.4) is 0 Å². The summed E-state index contributed by atoms with van der Waals surface area (Å²) in [6, 6.07) is -0.201. The molecule has 2 saturated carbocycles. The monoisotopic (exact) mass is 378 g/mol. The highest BCUT2D eigenvalue weighted by molar-refractivity contribution is 5.69. The highest BCUT2D eigenvalue weighted by atomic mass is 19.1. The second-order valence-electron chi connectivity index (χ2n) is 8.21. The van der Waals surface area contributed by atoms with E-state index in [1.807, 2.05) is 6.92 Å². The third kappa shape index (κ3) is 3.29. The lowest BCUT2D eigenvalue weighted by Crippen LogP contribution is -2.48. The predicted molar refractivity (Wildman–Crippen MR) is 95.5 cm³/mol. The molecule has 1 saturated heterocycles. The van der Waals surface area contributed by atoms with Gasteiger partial charge in [0, 0.05) is 17.5 Å². The molecule has 1 aliphatic heterocycles. The number of aromatic nitrogens is 2. The minimum Gasteiger partial charge on any atom is -0.453 e. The van der Waals surface area contributed by atoms with E-state index in [4.69, 9.17) is 15.2 Å². The molecular weight excluding hydrogens is 351 g/mol. The molecule has 0 spiro atoms. The summed E-state index contributed by atoms with van der Waals surface area (Å²) < 4.78 is 24.2. The van der Waals surface area contributed by atoms with Gasteiger partial charge in [-0.15, -0.1) is 0 Å². The number of ether oxygens (including phenoxy) is 2. The second-order valence-corrected chi connectivity index (χ2v) is 8.21. The molecule has 0 radical (unpaired) electrons. The smallest absolute Gasteiger partial charge is 0.410 e. The Morgan fingerprint density at radius 2 is 2.15 bits per heavy atom. The van der Waals surface area contributed by atoms with Crippen molar-refractivity contribution >= 4 is 6.09 Å². The Hall–Kier alpha value is -1.80. The van der Waals surface area contributed by atoms with Crippen LogP contribution in [0.1, 0.15) is 44.9 Å². The van der Waals surface area contributed by atoms with Crippen molar-refractivity contribution in [3.05, 3.63) is 24.0 Å². The summed E-state index contributed by atoms with van der Waals surface area (Å²) in [4.78, 5) is 22.2. The van der Waals surface area contributed by atoms with E-state index in [9.17, 15) is 9.18 Å². The number of rotatable bonds is 4. The molecule has 4 rings (SSSR count). The van der Waals surface area contributed by atoms with Crippen molar-refractivity contribution in [2.75, 3.05) is 13.7 Å². The zero-order chi connectivity index (χ0) is 19.2. The SMILES string of the molecule is COC(=O)N1[C@H](C)C[C@H](N)[C@@H]1CO[C@H]1CC[C@@]2(c3ncc(F)cn3)C[C@H]2C1. The molecule has 0 unspecified atom stereocenters. The number of carbonyl (C=O) groups excluding carboxylic acids is 1. The van der Waals surface area contributed by atoms with Crippen LogP contribution >= 0.6 is 0 Å².